The lowest BCUT2D eigenvalue weighted by atomic mass is 10.0. The number of nitrogens with zero attached hydrogens (tertiary/aromatic N) is 1. The van der Waals surface area contributed by atoms with Crippen molar-refractivity contribution in [2.45, 2.75) is 309 Å². The Morgan fingerprint density at radius 1 is 0.392 bits per heavy atom. The lowest BCUT2D eigenvalue weighted by Crippen LogP contribution is -2.40. The van der Waals surface area contributed by atoms with Gasteiger partial charge in [0.25, 0.3) is 6.29 Å². The number of unbranched alkanes of at least 4 members (excludes halogenated alkanes) is 34. The summed E-state index contributed by atoms with van der Waals surface area (Å²) >= 11 is 0. The summed E-state index contributed by atoms with van der Waals surface area (Å²) in [5, 5.41) is 9.72. The summed E-state index contributed by atoms with van der Waals surface area (Å²) in [6.45, 7) is 4.75. The number of rotatable bonds is 61. The van der Waals surface area contributed by atoms with Gasteiger partial charge in [0.05, 0.1) is 34.4 Å². The van der Waals surface area contributed by atoms with E-state index < -0.39 is 24.3 Å². The number of quaternary nitrogens is 1. The molecule has 9 nitrogen and oxygen atoms in total. The summed E-state index contributed by atoms with van der Waals surface area (Å²) < 4.78 is 22.9. The van der Waals surface area contributed by atoms with Gasteiger partial charge in [-0.25, -0.2) is 4.79 Å². The van der Waals surface area contributed by atoms with Gasteiger partial charge in [-0.1, -0.05) is 273 Å². The number of carbonyl (C=O) groups excluding carboxylic acids is 2. The lowest BCUT2D eigenvalue weighted by Gasteiger charge is -2.25. The minimum absolute atomic E-state index is 0.179. The topological polar surface area (TPSA) is 108 Å². The van der Waals surface area contributed by atoms with Gasteiger partial charge in [-0.15, -0.1) is 0 Å². The van der Waals surface area contributed by atoms with Gasteiger partial charge in [-0.2, -0.15) is 0 Å². The first-order valence-corrected chi connectivity index (χ1v) is 33.1. The Bertz CT molecular complexity index is 1520. The maximum atomic E-state index is 12.9. The number of carbonyl (C=O) groups is 3. The zero-order chi connectivity index (χ0) is 57.6. The summed E-state index contributed by atoms with van der Waals surface area (Å²) in [6.07, 6.45) is 77.4. The number of hydrogen-bond donors (Lipinski definition) is 1. The summed E-state index contributed by atoms with van der Waals surface area (Å²) in [6, 6.07) is 0. The summed E-state index contributed by atoms with van der Waals surface area (Å²) in [4.78, 5) is 37.5. The van der Waals surface area contributed by atoms with Crippen molar-refractivity contribution in [1.82, 2.24) is 0 Å². The summed E-state index contributed by atoms with van der Waals surface area (Å²) in [5.74, 6) is -2.04. The third kappa shape index (κ3) is 62.2. The van der Waals surface area contributed by atoms with Gasteiger partial charge in [-0.05, 0) is 83.5 Å². The van der Waals surface area contributed by atoms with Crippen molar-refractivity contribution in [3.8, 4) is 0 Å². The molecule has 1 N–H and O–H groups in total. The predicted molar refractivity (Wildman–Crippen MR) is 336 cm³/mol. The Hall–Kier alpha value is -3.27. The molecule has 2 unspecified atom stereocenters. The molecule has 0 spiro atoms. The fourth-order valence-corrected chi connectivity index (χ4v) is 9.39. The molecule has 0 aromatic carbocycles. The fraction of sp³-hybridized carbons (Fsp3) is 0.786. The maximum absolute atomic E-state index is 12.9. The van der Waals surface area contributed by atoms with Crippen LogP contribution in [0.1, 0.15) is 296 Å². The zero-order valence-corrected chi connectivity index (χ0v) is 52.3. The van der Waals surface area contributed by atoms with Crippen molar-refractivity contribution in [3.63, 3.8) is 0 Å². The second-order valence-electron chi connectivity index (χ2n) is 23.4. The predicted octanol–water partition coefficient (Wildman–Crippen LogP) is 20.1. The van der Waals surface area contributed by atoms with Crippen LogP contribution in [0.5, 0.6) is 0 Å². The van der Waals surface area contributed by atoms with E-state index >= 15 is 0 Å². The van der Waals surface area contributed by atoms with E-state index in [9.17, 15) is 19.5 Å². The first kappa shape index (κ1) is 75.7. The van der Waals surface area contributed by atoms with Gasteiger partial charge in [0.2, 0.25) is 0 Å². The zero-order valence-electron chi connectivity index (χ0n) is 52.3. The van der Waals surface area contributed by atoms with Crippen molar-refractivity contribution >= 4 is 17.9 Å². The van der Waals surface area contributed by atoms with E-state index in [4.69, 9.17) is 18.9 Å². The molecule has 0 amide bonds. The monoisotopic (exact) mass is 1110 g/mol. The Labute approximate surface area is 487 Å². The maximum Gasteiger partial charge on any atom is 0.361 e. The molecule has 458 valence electrons. The first-order chi connectivity index (χ1) is 38.6. The number of likely N-dealkylation sites (N-methyl/N-ethyl adjacent to an activating group) is 1. The molecular formula is C70H126NO8+. The molecule has 79 heavy (non-hydrogen) atoms. The van der Waals surface area contributed by atoms with Crippen molar-refractivity contribution < 1.29 is 42.9 Å². The van der Waals surface area contributed by atoms with Crippen LogP contribution >= 0.6 is 0 Å². The number of aliphatic carboxylic acids is 1. The van der Waals surface area contributed by atoms with Crippen LogP contribution < -0.4 is 0 Å². The number of ether oxygens (including phenoxy) is 4. The van der Waals surface area contributed by atoms with Crippen molar-refractivity contribution in [1.29, 1.82) is 0 Å². The summed E-state index contributed by atoms with van der Waals surface area (Å²) in [7, 11) is 5.96. The van der Waals surface area contributed by atoms with Crippen LogP contribution in [-0.2, 0) is 33.3 Å². The van der Waals surface area contributed by atoms with E-state index in [0.717, 1.165) is 70.6 Å². The lowest BCUT2D eigenvalue weighted by molar-refractivity contribution is -0.870. The highest BCUT2D eigenvalue weighted by atomic mass is 16.7. The van der Waals surface area contributed by atoms with Gasteiger partial charge in [0, 0.05) is 12.8 Å². The van der Waals surface area contributed by atoms with E-state index in [0.29, 0.717) is 23.9 Å². The van der Waals surface area contributed by atoms with Crippen LogP contribution in [0.15, 0.2) is 72.9 Å². The standard InChI is InChI=1S/C70H125NO8/c1-6-8-10-12-14-16-18-20-22-24-26-27-28-29-30-31-32-33-34-35-36-37-38-39-40-41-43-44-46-48-50-52-54-56-58-60-67(72)77-64-66(65-78-70(69(74)75)76-63-62-71(3,4)5)79-68(73)61-59-57-55-53-51-49-47-45-42-25-23-21-19-17-15-13-11-9-7-2/h9,11,15,17,21,23-24,26,42,45,49,51,66,70H,6-8,10,12-14,16,18-20,22,25,27-41,43-44,46-48,50,52-65H2,1-5H3/p+1/b11-9-,17-15-,23-21-,26-24-,45-42-,51-49-. The van der Waals surface area contributed by atoms with Gasteiger partial charge in [0.15, 0.2) is 6.10 Å². The molecule has 0 aliphatic carbocycles. The Balaban J connectivity index is 4.06. The second kappa shape index (κ2) is 60.8. The van der Waals surface area contributed by atoms with Gasteiger partial charge in [0.1, 0.15) is 13.2 Å². The van der Waals surface area contributed by atoms with Crippen LogP contribution in [0, 0.1) is 0 Å². The smallest absolute Gasteiger partial charge is 0.361 e. The molecular weight excluding hydrogens is 983 g/mol. The highest BCUT2D eigenvalue weighted by Gasteiger charge is 2.25. The number of esters is 2. The molecule has 0 aliphatic rings. The number of allylic oxidation sites excluding steroid dienone is 12. The molecule has 0 radical (unpaired) electrons. The van der Waals surface area contributed by atoms with E-state index in [1.807, 2.05) is 21.1 Å². The quantitative estimate of drug-likeness (QED) is 0.0211. The molecule has 9 heteroatoms. The van der Waals surface area contributed by atoms with Crippen LogP contribution in [0.4, 0.5) is 0 Å². The van der Waals surface area contributed by atoms with Crippen molar-refractivity contribution in [2.24, 2.45) is 0 Å². The molecule has 0 saturated carbocycles. The van der Waals surface area contributed by atoms with Crippen LogP contribution in [0.2, 0.25) is 0 Å². The molecule has 0 aromatic heterocycles. The normalized spacial score (nSPS) is 13.2. The van der Waals surface area contributed by atoms with Crippen molar-refractivity contribution in [3.05, 3.63) is 72.9 Å². The average molecular weight is 1110 g/mol. The van der Waals surface area contributed by atoms with Crippen LogP contribution in [0.3, 0.4) is 0 Å². The molecule has 0 bridgehead atoms. The highest BCUT2D eigenvalue weighted by molar-refractivity contribution is 5.71. The molecule has 0 saturated heterocycles. The van der Waals surface area contributed by atoms with Gasteiger partial charge < -0.3 is 28.5 Å². The Morgan fingerprint density at radius 3 is 1.10 bits per heavy atom. The molecule has 0 aliphatic heterocycles. The molecule has 0 rings (SSSR count). The van der Waals surface area contributed by atoms with Crippen molar-refractivity contribution in [2.75, 3.05) is 47.5 Å². The fourth-order valence-electron chi connectivity index (χ4n) is 9.39. The summed E-state index contributed by atoms with van der Waals surface area (Å²) in [5.41, 5.74) is 0. The van der Waals surface area contributed by atoms with E-state index in [1.165, 1.54) is 193 Å². The number of carboxylic acid groups (broad SMARTS) is 1. The minimum Gasteiger partial charge on any atom is -0.477 e. The largest absolute Gasteiger partial charge is 0.477 e. The second-order valence-corrected chi connectivity index (χ2v) is 23.4. The Kier molecular flexibility index (Phi) is 58.3. The molecule has 0 aromatic rings. The van der Waals surface area contributed by atoms with Gasteiger partial charge in [-0.3, -0.25) is 9.59 Å². The number of carboxylic acids is 1. The molecule has 0 heterocycles. The van der Waals surface area contributed by atoms with E-state index in [2.05, 4.69) is 86.8 Å². The van der Waals surface area contributed by atoms with E-state index in [1.54, 1.807) is 0 Å². The SMILES string of the molecule is CC/C=C\C/C=C\C/C=C\C/C=C\C/C=C\CCCCCC(=O)OC(COC(=O)CCCCCCCCCCCCCCCCCCCCCCCCC/C=C\CCCCCCCCCC)COC(OCC[N+](C)(C)C)C(=O)O. The minimum atomic E-state index is -1.52. The average Bonchev–Trinajstić information content (AvgIpc) is 3.42. The van der Waals surface area contributed by atoms with Gasteiger partial charge >= 0.3 is 17.9 Å². The Morgan fingerprint density at radius 2 is 0.722 bits per heavy atom. The third-order valence-corrected chi connectivity index (χ3v) is 14.4. The van der Waals surface area contributed by atoms with E-state index in [-0.39, 0.29) is 32.2 Å². The molecule has 2 atom stereocenters. The highest BCUT2D eigenvalue weighted by Crippen LogP contribution is 2.17. The number of hydrogen-bond acceptors (Lipinski definition) is 7. The van der Waals surface area contributed by atoms with Crippen LogP contribution in [0.25, 0.3) is 0 Å². The first-order valence-electron chi connectivity index (χ1n) is 33.1. The molecule has 0 fully saturated rings. The van der Waals surface area contributed by atoms with Crippen LogP contribution in [-0.4, -0.2) is 87.4 Å². The third-order valence-electron chi connectivity index (χ3n) is 14.4.